The third-order valence-electron chi connectivity index (χ3n) is 6.91. The summed E-state index contributed by atoms with van der Waals surface area (Å²) in [6.45, 7) is 0.351. The predicted molar refractivity (Wildman–Crippen MR) is 152 cm³/mol. The molecular formula is C29H22Cl2N4O4. The molecule has 6 rings (SSSR count). The van der Waals surface area contributed by atoms with Gasteiger partial charge in [-0.15, -0.1) is 11.6 Å². The van der Waals surface area contributed by atoms with Gasteiger partial charge in [-0.05, 0) is 65.5 Å². The maximum absolute atomic E-state index is 13.7. The molecule has 2 N–H and O–H groups in total. The number of methoxy groups -OCH3 is 1. The van der Waals surface area contributed by atoms with Crippen molar-refractivity contribution < 1.29 is 19.4 Å². The Morgan fingerprint density at radius 1 is 1.08 bits per heavy atom. The normalized spacial score (nSPS) is 14.5. The fourth-order valence-corrected chi connectivity index (χ4v) is 5.39. The number of hydrogen-bond donors (Lipinski definition) is 2. The van der Waals surface area contributed by atoms with E-state index in [0.29, 0.717) is 51.2 Å². The van der Waals surface area contributed by atoms with Crippen LogP contribution in [0.2, 0.25) is 5.02 Å². The molecule has 0 radical (unpaired) electrons. The van der Waals surface area contributed by atoms with Gasteiger partial charge in [-0.1, -0.05) is 11.6 Å². The van der Waals surface area contributed by atoms with Crippen molar-refractivity contribution in [3.05, 3.63) is 94.9 Å². The minimum absolute atomic E-state index is 0.0653. The van der Waals surface area contributed by atoms with Crippen LogP contribution in [0.1, 0.15) is 32.3 Å². The number of hydrogen-bond acceptors (Lipinski definition) is 5. The van der Waals surface area contributed by atoms with Crippen LogP contribution < -0.4 is 15.0 Å². The first kappa shape index (κ1) is 25.0. The Balaban J connectivity index is 1.32. The maximum atomic E-state index is 13.7. The number of amides is 2. The summed E-state index contributed by atoms with van der Waals surface area (Å²) in [7, 11) is 1.58. The number of ether oxygens (including phenoxy) is 1. The van der Waals surface area contributed by atoms with Gasteiger partial charge in [0.2, 0.25) is 0 Å². The van der Waals surface area contributed by atoms with E-state index in [4.69, 9.17) is 27.9 Å². The lowest BCUT2D eigenvalue weighted by atomic mass is 9.95. The van der Waals surface area contributed by atoms with Gasteiger partial charge in [0.15, 0.2) is 0 Å². The number of halogens is 2. The van der Waals surface area contributed by atoms with Gasteiger partial charge in [-0.3, -0.25) is 9.59 Å². The molecule has 1 atom stereocenters. The minimum Gasteiger partial charge on any atom is -0.507 e. The van der Waals surface area contributed by atoms with Gasteiger partial charge in [-0.25, -0.2) is 4.98 Å². The van der Waals surface area contributed by atoms with Gasteiger partial charge in [0.1, 0.15) is 22.8 Å². The maximum Gasteiger partial charge on any atom is 0.278 e. The second kappa shape index (κ2) is 9.80. The highest BCUT2D eigenvalue weighted by Gasteiger charge is 2.35. The Morgan fingerprint density at radius 2 is 1.87 bits per heavy atom. The lowest BCUT2D eigenvalue weighted by Gasteiger charge is -2.17. The Labute approximate surface area is 233 Å². The third kappa shape index (κ3) is 4.41. The summed E-state index contributed by atoms with van der Waals surface area (Å²) in [5.41, 5.74) is 3.26. The molecule has 196 valence electrons. The summed E-state index contributed by atoms with van der Waals surface area (Å²) in [5, 5.41) is 15.6. The minimum atomic E-state index is -0.319. The van der Waals surface area contributed by atoms with Crippen LogP contribution >= 0.6 is 23.2 Å². The van der Waals surface area contributed by atoms with Crippen LogP contribution in [-0.2, 0) is 0 Å². The van der Waals surface area contributed by atoms with Crippen molar-refractivity contribution >= 4 is 62.8 Å². The van der Waals surface area contributed by atoms with Gasteiger partial charge in [0.05, 0.1) is 18.5 Å². The highest BCUT2D eigenvalue weighted by Crippen LogP contribution is 2.46. The smallest absolute Gasteiger partial charge is 0.278 e. The molecule has 8 nitrogen and oxygen atoms in total. The van der Waals surface area contributed by atoms with Crippen LogP contribution in [0.4, 0.5) is 11.4 Å². The van der Waals surface area contributed by atoms with Crippen molar-refractivity contribution in [2.24, 2.45) is 0 Å². The first-order valence-electron chi connectivity index (χ1n) is 12.1. The van der Waals surface area contributed by atoms with E-state index < -0.39 is 0 Å². The molecule has 1 aliphatic rings. The number of carbonyl (C=O) groups excluding carboxylic acids is 2. The van der Waals surface area contributed by atoms with Gasteiger partial charge in [0.25, 0.3) is 11.8 Å². The van der Waals surface area contributed by atoms with Crippen LogP contribution in [0.25, 0.3) is 16.4 Å². The topological polar surface area (TPSA) is 96.2 Å². The highest BCUT2D eigenvalue weighted by molar-refractivity contribution is 6.30. The number of imidazole rings is 1. The van der Waals surface area contributed by atoms with E-state index in [-0.39, 0.29) is 29.2 Å². The molecule has 2 amide bonds. The SMILES string of the molecule is COc1ccc2c(O)cc3c(c2c1)[C@H](CCl)CN3C(=O)c1cn2cc(NC(=O)c3ccc(Cl)cc3)ccc2n1. The molecule has 0 unspecified atom stereocenters. The number of anilines is 2. The second-order valence-corrected chi connectivity index (χ2v) is 10.0. The first-order valence-corrected chi connectivity index (χ1v) is 13.0. The van der Waals surface area contributed by atoms with Gasteiger partial charge < -0.3 is 24.5 Å². The molecular weight excluding hydrogens is 539 g/mol. The van der Waals surface area contributed by atoms with Crippen molar-refractivity contribution in [3.8, 4) is 11.5 Å². The summed E-state index contributed by atoms with van der Waals surface area (Å²) >= 11 is 12.3. The number of alkyl halides is 1. The van der Waals surface area contributed by atoms with E-state index >= 15 is 0 Å². The lowest BCUT2D eigenvalue weighted by molar-refractivity contribution is 0.0982. The number of carbonyl (C=O) groups is 2. The largest absolute Gasteiger partial charge is 0.507 e. The van der Waals surface area contributed by atoms with E-state index in [1.165, 1.54) is 0 Å². The molecule has 0 saturated heterocycles. The number of nitrogens with zero attached hydrogens (tertiary/aromatic N) is 3. The monoisotopic (exact) mass is 560 g/mol. The summed E-state index contributed by atoms with van der Waals surface area (Å²) in [6.07, 6.45) is 3.31. The number of nitrogens with one attached hydrogen (secondary N) is 1. The fraction of sp³-hybridized carbons (Fsp3) is 0.138. The molecule has 3 heterocycles. The summed E-state index contributed by atoms with van der Waals surface area (Å²) in [6, 6.07) is 17.1. The summed E-state index contributed by atoms with van der Waals surface area (Å²) < 4.78 is 7.08. The molecule has 0 spiro atoms. The number of benzene rings is 3. The quantitative estimate of drug-likeness (QED) is 0.253. The lowest BCUT2D eigenvalue weighted by Crippen LogP contribution is -2.30. The number of aromatic hydroxyl groups is 1. The molecule has 10 heteroatoms. The average Bonchev–Trinajstić information content (AvgIpc) is 3.54. The number of fused-ring (bicyclic) bond motifs is 4. The van der Waals surface area contributed by atoms with Crippen LogP contribution in [0, 0.1) is 0 Å². The highest BCUT2D eigenvalue weighted by atomic mass is 35.5. The van der Waals surface area contributed by atoms with Crippen LogP contribution in [0.5, 0.6) is 11.5 Å². The zero-order valence-corrected chi connectivity index (χ0v) is 22.2. The number of phenols is 1. The number of phenolic OH excluding ortho intramolecular Hbond substituents is 1. The third-order valence-corrected chi connectivity index (χ3v) is 7.53. The van der Waals surface area contributed by atoms with Gasteiger partial charge in [-0.2, -0.15) is 0 Å². The van der Waals surface area contributed by atoms with E-state index in [1.54, 1.807) is 83.4 Å². The fourth-order valence-electron chi connectivity index (χ4n) is 5.01. The first-order chi connectivity index (χ1) is 18.9. The van der Waals surface area contributed by atoms with E-state index in [2.05, 4.69) is 10.3 Å². The van der Waals surface area contributed by atoms with Crippen LogP contribution in [-0.4, -0.2) is 45.8 Å². The van der Waals surface area contributed by atoms with Crippen LogP contribution in [0.15, 0.2) is 73.1 Å². The second-order valence-electron chi connectivity index (χ2n) is 9.28. The molecule has 0 aliphatic carbocycles. The number of pyridine rings is 1. The number of aromatic nitrogens is 2. The van der Waals surface area contributed by atoms with Crippen LogP contribution in [0.3, 0.4) is 0 Å². The van der Waals surface area contributed by atoms with Gasteiger partial charge >= 0.3 is 0 Å². The van der Waals surface area contributed by atoms with Crippen molar-refractivity contribution in [2.75, 3.05) is 29.8 Å². The average molecular weight is 561 g/mol. The van der Waals surface area contributed by atoms with E-state index in [9.17, 15) is 14.7 Å². The predicted octanol–water partition coefficient (Wildman–Crippen LogP) is 6.09. The van der Waals surface area contributed by atoms with E-state index in [1.807, 2.05) is 6.07 Å². The molecule has 39 heavy (non-hydrogen) atoms. The van der Waals surface area contributed by atoms with Crippen molar-refractivity contribution in [2.45, 2.75) is 5.92 Å². The number of rotatable bonds is 5. The molecule has 0 saturated carbocycles. The molecule has 0 fully saturated rings. The summed E-state index contributed by atoms with van der Waals surface area (Å²) in [5.74, 6) is 0.277. The molecule has 5 aromatic rings. The van der Waals surface area contributed by atoms with Crippen molar-refractivity contribution in [1.82, 2.24) is 9.38 Å². The molecule has 3 aromatic carbocycles. The Hall–Kier alpha value is -4.27. The molecule has 2 aromatic heterocycles. The summed E-state index contributed by atoms with van der Waals surface area (Å²) in [4.78, 5) is 32.4. The molecule has 1 aliphatic heterocycles. The molecule has 0 bridgehead atoms. The van der Waals surface area contributed by atoms with Gasteiger partial charge in [0, 0.05) is 52.8 Å². The standard InChI is InChI=1S/C29H22Cl2N4O4/c1-39-20-7-8-21-22(10-20)27-17(12-30)13-35(24(27)11-25(21)36)29(38)23-15-34-14-19(6-9-26(34)33-23)32-28(37)16-2-4-18(31)5-3-16/h2-11,14-15,17,36H,12-13H2,1H3,(H,32,37)/t17-/m1/s1. The Kier molecular flexibility index (Phi) is 6.29. The Morgan fingerprint density at radius 3 is 2.62 bits per heavy atom. The Bertz CT molecular complexity index is 1770. The zero-order valence-electron chi connectivity index (χ0n) is 20.7. The van der Waals surface area contributed by atoms with E-state index in [0.717, 1.165) is 10.9 Å². The van der Waals surface area contributed by atoms with Crippen molar-refractivity contribution in [3.63, 3.8) is 0 Å². The zero-order chi connectivity index (χ0) is 27.3. The van der Waals surface area contributed by atoms with Crippen molar-refractivity contribution in [1.29, 1.82) is 0 Å².